The second kappa shape index (κ2) is 20.3. The van der Waals surface area contributed by atoms with Gasteiger partial charge in [-0.15, -0.1) is 0 Å². The van der Waals surface area contributed by atoms with E-state index in [1.807, 2.05) is 0 Å². The van der Waals surface area contributed by atoms with Gasteiger partial charge in [0.2, 0.25) is 5.91 Å². The van der Waals surface area contributed by atoms with Gasteiger partial charge in [0.25, 0.3) is 0 Å². The number of halogens is 1. The maximum absolute atomic E-state index is 13.1. The molecular weight excluding hydrogens is 582 g/mol. The van der Waals surface area contributed by atoms with E-state index in [4.69, 9.17) is 8.85 Å². The maximum atomic E-state index is 13.1. The van der Waals surface area contributed by atoms with E-state index in [-0.39, 0.29) is 11.9 Å². The molecule has 0 aliphatic carbocycles. The zero-order valence-electron chi connectivity index (χ0n) is 28.1. The highest BCUT2D eigenvalue weighted by atomic mass is 79.9. The molecule has 0 saturated heterocycles. The molecule has 0 fully saturated rings. The van der Waals surface area contributed by atoms with Crippen molar-refractivity contribution in [3.63, 3.8) is 0 Å². The van der Waals surface area contributed by atoms with Gasteiger partial charge in [0.05, 0.1) is 19.3 Å². The van der Waals surface area contributed by atoms with Crippen molar-refractivity contribution in [3.05, 3.63) is 0 Å². The van der Waals surface area contributed by atoms with Crippen LogP contribution in [0.5, 0.6) is 0 Å². The van der Waals surface area contributed by atoms with Gasteiger partial charge in [0.15, 0.2) is 16.6 Å². The van der Waals surface area contributed by atoms with Crippen LogP contribution in [0.2, 0.25) is 33.2 Å². The van der Waals surface area contributed by atoms with Crippen LogP contribution in [0.4, 0.5) is 0 Å². The first-order valence-electron chi connectivity index (χ1n) is 16.3. The summed E-state index contributed by atoms with van der Waals surface area (Å²) in [7, 11) is -4.07. The second-order valence-electron chi connectivity index (χ2n) is 13.8. The summed E-state index contributed by atoms with van der Waals surface area (Å²) >= 11 is 3.51. The van der Waals surface area contributed by atoms with Crippen molar-refractivity contribution in [3.8, 4) is 0 Å². The third-order valence-corrected chi connectivity index (χ3v) is 21.9. The molecule has 1 amide bonds. The summed E-state index contributed by atoms with van der Waals surface area (Å²) in [6, 6.07) is -0.0989. The maximum Gasteiger partial charge on any atom is 0.220 e. The molecule has 4 nitrogen and oxygen atoms in total. The Bertz CT molecular complexity index is 561. The first-order valence-corrected chi connectivity index (χ1v) is 21.7. The zero-order chi connectivity index (χ0) is 30.2. The second-order valence-corrected chi connectivity index (χ2v) is 25.5. The number of carbonyl (C=O) groups excluding carboxylic acids is 1. The van der Waals surface area contributed by atoms with Crippen molar-refractivity contribution in [2.75, 3.05) is 18.5 Å². The Morgan fingerprint density at radius 2 is 0.872 bits per heavy atom. The molecule has 234 valence electrons. The molecule has 7 heteroatoms. The minimum absolute atomic E-state index is 0.0989. The van der Waals surface area contributed by atoms with E-state index in [0.29, 0.717) is 52.9 Å². The Balaban J connectivity index is 5.38. The fourth-order valence-corrected chi connectivity index (χ4v) is 18.7. The van der Waals surface area contributed by atoms with Gasteiger partial charge < -0.3 is 14.2 Å². The molecule has 0 aromatic rings. The first kappa shape index (κ1) is 39.3. The van der Waals surface area contributed by atoms with Crippen LogP contribution in [0.1, 0.15) is 141 Å². The summed E-state index contributed by atoms with van der Waals surface area (Å²) in [5, 5.41) is 4.49. The number of hydrogen-bond donors (Lipinski definition) is 1. The fourth-order valence-electron chi connectivity index (χ4n) is 7.36. The van der Waals surface area contributed by atoms with Crippen LogP contribution in [-0.2, 0) is 13.6 Å². The quantitative estimate of drug-likeness (QED) is 0.0680. The normalized spacial score (nSPS) is 13.3. The highest BCUT2D eigenvalue weighted by Crippen LogP contribution is 2.43. The molecule has 0 radical (unpaired) electrons. The molecule has 0 bridgehead atoms. The standard InChI is InChI=1S/C32H68BrNO3Si2/c1-25(2)38(26(3)4,27(5)6)36-23-31(24-37-39(28(7)8,29(9)10)30(11)12)34-32(35)21-19-17-15-13-14-16-18-20-22-33/h25-31H,13-24H2,1-12H3,(H,34,35). The lowest BCUT2D eigenvalue weighted by atomic mass is 10.1. The van der Waals surface area contributed by atoms with Crippen molar-refractivity contribution in [1.29, 1.82) is 0 Å². The highest BCUT2D eigenvalue weighted by molar-refractivity contribution is 9.09. The predicted molar refractivity (Wildman–Crippen MR) is 181 cm³/mol. The SMILES string of the molecule is CC(C)[Si](OCC(CO[Si](C(C)C)(C(C)C)C(C)C)NC(=O)CCCCCCCCCCBr)(C(C)C)C(C)C. The first-order chi connectivity index (χ1) is 18.2. The van der Waals surface area contributed by atoms with Crippen molar-refractivity contribution < 1.29 is 13.6 Å². The van der Waals surface area contributed by atoms with Crippen LogP contribution in [-0.4, -0.2) is 47.1 Å². The number of nitrogens with one attached hydrogen (secondary N) is 1. The summed E-state index contributed by atoms with van der Waals surface area (Å²) in [6.07, 6.45) is 10.5. The van der Waals surface area contributed by atoms with Gasteiger partial charge in [-0.25, -0.2) is 0 Å². The van der Waals surface area contributed by atoms with Gasteiger partial charge in [-0.2, -0.15) is 0 Å². The van der Waals surface area contributed by atoms with Gasteiger partial charge in [-0.05, 0) is 46.1 Å². The van der Waals surface area contributed by atoms with Gasteiger partial charge in [-0.1, -0.05) is 138 Å². The van der Waals surface area contributed by atoms with Gasteiger partial charge in [0.1, 0.15) is 0 Å². The monoisotopic (exact) mass is 649 g/mol. The van der Waals surface area contributed by atoms with E-state index >= 15 is 0 Å². The number of unbranched alkanes of at least 4 members (excludes halogenated alkanes) is 7. The summed E-state index contributed by atoms with van der Waals surface area (Å²) in [5.74, 6) is 0.154. The fraction of sp³-hybridized carbons (Fsp3) is 0.969. The van der Waals surface area contributed by atoms with Gasteiger partial charge in [-0.3, -0.25) is 4.79 Å². The van der Waals surface area contributed by atoms with Crippen molar-refractivity contribution in [2.24, 2.45) is 0 Å². The number of hydrogen-bond acceptors (Lipinski definition) is 3. The van der Waals surface area contributed by atoms with Crippen LogP contribution in [0.15, 0.2) is 0 Å². The zero-order valence-corrected chi connectivity index (χ0v) is 31.7. The molecule has 0 aliphatic rings. The highest BCUT2D eigenvalue weighted by Gasteiger charge is 2.47. The molecule has 39 heavy (non-hydrogen) atoms. The minimum atomic E-state index is -2.03. The summed E-state index contributed by atoms with van der Waals surface area (Å²) in [5.41, 5.74) is 3.11. The van der Waals surface area contributed by atoms with E-state index in [9.17, 15) is 4.79 Å². The number of alkyl halides is 1. The Labute approximate surface area is 255 Å². The molecule has 0 saturated carbocycles. The average Bonchev–Trinajstić information content (AvgIpc) is 2.82. The van der Waals surface area contributed by atoms with Crippen LogP contribution < -0.4 is 5.32 Å². The molecule has 0 unspecified atom stereocenters. The molecule has 0 atom stereocenters. The minimum Gasteiger partial charge on any atom is -0.414 e. The van der Waals surface area contributed by atoms with Crippen molar-refractivity contribution in [2.45, 2.75) is 180 Å². The van der Waals surface area contributed by atoms with Crippen LogP contribution in [0.25, 0.3) is 0 Å². The van der Waals surface area contributed by atoms with Crippen LogP contribution >= 0.6 is 15.9 Å². The van der Waals surface area contributed by atoms with E-state index in [0.717, 1.165) is 18.2 Å². The van der Waals surface area contributed by atoms with Crippen molar-refractivity contribution >= 4 is 38.5 Å². The lowest BCUT2D eigenvalue weighted by Gasteiger charge is -2.44. The lowest BCUT2D eigenvalue weighted by Crippen LogP contribution is -2.54. The molecule has 0 aromatic carbocycles. The van der Waals surface area contributed by atoms with Crippen LogP contribution in [0.3, 0.4) is 0 Å². The Morgan fingerprint density at radius 3 is 1.18 bits per heavy atom. The largest absolute Gasteiger partial charge is 0.414 e. The Kier molecular flexibility index (Phi) is 20.4. The van der Waals surface area contributed by atoms with Gasteiger partial charge >= 0.3 is 0 Å². The molecule has 1 N–H and O–H groups in total. The summed E-state index contributed by atoms with van der Waals surface area (Å²) < 4.78 is 14.0. The predicted octanol–water partition coefficient (Wildman–Crippen LogP) is 10.8. The van der Waals surface area contributed by atoms with E-state index in [2.05, 4.69) is 104 Å². The van der Waals surface area contributed by atoms with Crippen LogP contribution in [0, 0.1) is 0 Å². The summed E-state index contributed by atoms with van der Waals surface area (Å²) in [4.78, 5) is 13.1. The Morgan fingerprint density at radius 1 is 0.564 bits per heavy atom. The topological polar surface area (TPSA) is 47.6 Å². The third kappa shape index (κ3) is 12.6. The molecule has 0 heterocycles. The number of amides is 1. The van der Waals surface area contributed by atoms with E-state index in [1.54, 1.807) is 0 Å². The lowest BCUT2D eigenvalue weighted by molar-refractivity contribution is -0.122. The molecule has 0 aliphatic heterocycles. The molecular formula is C32H68BrNO3Si2. The third-order valence-electron chi connectivity index (χ3n) is 9.14. The van der Waals surface area contributed by atoms with E-state index in [1.165, 1.54) is 38.5 Å². The summed E-state index contributed by atoms with van der Waals surface area (Å²) in [6.45, 7) is 29.0. The molecule has 0 spiro atoms. The molecule has 0 aromatic heterocycles. The Hall–Kier alpha value is 0.304. The smallest absolute Gasteiger partial charge is 0.220 e. The molecule has 0 rings (SSSR count). The number of carbonyl (C=O) groups is 1. The number of rotatable bonds is 23. The van der Waals surface area contributed by atoms with E-state index < -0.39 is 16.6 Å². The van der Waals surface area contributed by atoms with Crippen molar-refractivity contribution in [1.82, 2.24) is 5.32 Å². The average molecular weight is 651 g/mol. The van der Waals surface area contributed by atoms with Gasteiger partial charge in [0, 0.05) is 11.8 Å².